The number of nitrogens with zero attached hydrogens (tertiary/aromatic N) is 2. The fourth-order valence-electron chi connectivity index (χ4n) is 7.50. The largest absolute Gasteiger partial charge is 0.427 e. The van der Waals surface area contributed by atoms with Crippen LogP contribution in [-0.2, 0) is 48.9 Å². The Morgan fingerprint density at radius 1 is 0.893 bits per heavy atom. The lowest BCUT2D eigenvalue weighted by molar-refractivity contribution is -0.187. The highest BCUT2D eigenvalue weighted by molar-refractivity contribution is 6.06. The number of nitrogens with one attached hydrogen (secondary N) is 2. The zero-order valence-corrected chi connectivity index (χ0v) is 31.3. The van der Waals surface area contributed by atoms with Crippen LogP contribution in [0.1, 0.15) is 93.4 Å². The van der Waals surface area contributed by atoms with Crippen LogP contribution in [-0.4, -0.2) is 58.3 Å². The van der Waals surface area contributed by atoms with Crippen molar-refractivity contribution in [2.24, 2.45) is 5.92 Å². The molecular formula is C42H46F4N4O6. The van der Waals surface area contributed by atoms with Crippen LogP contribution >= 0.6 is 0 Å². The van der Waals surface area contributed by atoms with Crippen LogP contribution in [0, 0.1) is 11.7 Å². The van der Waals surface area contributed by atoms with E-state index >= 15 is 0 Å². The monoisotopic (exact) mass is 778 g/mol. The number of carbonyl (C=O) groups excluding carboxylic acids is 5. The van der Waals surface area contributed by atoms with Gasteiger partial charge in [-0.3, -0.25) is 19.2 Å². The van der Waals surface area contributed by atoms with Gasteiger partial charge in [-0.1, -0.05) is 68.9 Å². The molecule has 3 aromatic rings. The molecule has 2 atom stereocenters. The Kier molecular flexibility index (Phi) is 12.4. The number of hydrogen-bond acceptors (Lipinski definition) is 6. The zero-order chi connectivity index (χ0) is 40.0. The molecule has 2 aliphatic carbocycles. The summed E-state index contributed by atoms with van der Waals surface area (Å²) in [4.78, 5) is 66.3. The number of fused-ring (bicyclic) bond motifs is 2. The predicted octanol–water partition coefficient (Wildman–Crippen LogP) is 8.19. The van der Waals surface area contributed by atoms with Crippen LogP contribution in [0.3, 0.4) is 0 Å². The minimum absolute atomic E-state index is 0.00947. The van der Waals surface area contributed by atoms with E-state index in [2.05, 4.69) is 10.6 Å². The molecule has 3 aromatic carbocycles. The Bertz CT molecular complexity index is 1930. The van der Waals surface area contributed by atoms with Gasteiger partial charge in [-0.15, -0.1) is 0 Å². The van der Waals surface area contributed by atoms with E-state index in [0.29, 0.717) is 51.6 Å². The van der Waals surface area contributed by atoms with Crippen molar-refractivity contribution < 1.29 is 46.3 Å². The molecule has 3 aliphatic rings. The summed E-state index contributed by atoms with van der Waals surface area (Å²) in [7, 11) is 0. The third-order valence-electron chi connectivity index (χ3n) is 11.1. The van der Waals surface area contributed by atoms with Crippen LogP contribution in [0.2, 0.25) is 0 Å². The van der Waals surface area contributed by atoms with Crippen LogP contribution in [0.5, 0.6) is 0 Å². The Hall–Kier alpha value is -5.27. The number of imide groups is 1. The van der Waals surface area contributed by atoms with Gasteiger partial charge in [-0.2, -0.15) is 13.2 Å². The van der Waals surface area contributed by atoms with Gasteiger partial charge in [0.05, 0.1) is 0 Å². The molecule has 0 radical (unpaired) electrons. The SMILES string of the molecule is C[C@H](N(Cc1ccc(F)cc1)C(=O)CN1C(=O)OC2(CCc3cc(NC(=O)CCc4ccc(NC(=O)CCCCCC5CCC5)cc4)ccc32)C1=O)C(F)(F)F. The molecule has 2 fully saturated rings. The molecule has 1 aliphatic heterocycles. The van der Waals surface area contributed by atoms with Crippen molar-refractivity contribution in [3.8, 4) is 0 Å². The fourth-order valence-corrected chi connectivity index (χ4v) is 7.50. The van der Waals surface area contributed by atoms with Gasteiger partial charge in [-0.25, -0.2) is 14.1 Å². The number of halogens is 4. The number of ether oxygens (including phenoxy) is 1. The summed E-state index contributed by atoms with van der Waals surface area (Å²) >= 11 is 0. The van der Waals surface area contributed by atoms with E-state index in [4.69, 9.17) is 4.74 Å². The van der Waals surface area contributed by atoms with Crippen molar-refractivity contribution in [1.82, 2.24) is 9.80 Å². The van der Waals surface area contributed by atoms with Crippen LogP contribution < -0.4 is 10.6 Å². The second-order valence-electron chi connectivity index (χ2n) is 15.0. The normalized spacial score (nSPS) is 18.3. The summed E-state index contributed by atoms with van der Waals surface area (Å²) < 4.78 is 60.3. The van der Waals surface area contributed by atoms with Crippen molar-refractivity contribution in [1.29, 1.82) is 0 Å². The van der Waals surface area contributed by atoms with Crippen molar-refractivity contribution in [2.75, 3.05) is 17.2 Å². The lowest BCUT2D eigenvalue weighted by Gasteiger charge is -2.31. The number of aryl methyl sites for hydroxylation is 2. The smallest absolute Gasteiger partial charge is 0.418 e. The Morgan fingerprint density at radius 3 is 2.23 bits per heavy atom. The molecule has 1 unspecified atom stereocenters. The molecule has 1 saturated heterocycles. The molecule has 0 aromatic heterocycles. The van der Waals surface area contributed by atoms with Gasteiger partial charge in [0, 0.05) is 42.7 Å². The van der Waals surface area contributed by atoms with Gasteiger partial charge in [0.25, 0.3) is 5.91 Å². The average Bonchev–Trinajstić information content (AvgIpc) is 3.62. The summed E-state index contributed by atoms with van der Waals surface area (Å²) in [6, 6.07) is 14.5. The van der Waals surface area contributed by atoms with E-state index in [0.717, 1.165) is 43.4 Å². The first-order valence-corrected chi connectivity index (χ1v) is 19.2. The van der Waals surface area contributed by atoms with E-state index in [-0.39, 0.29) is 30.2 Å². The topological polar surface area (TPSA) is 125 Å². The van der Waals surface area contributed by atoms with Gasteiger partial charge >= 0.3 is 12.3 Å². The van der Waals surface area contributed by atoms with Gasteiger partial charge in [0.2, 0.25) is 23.3 Å². The molecule has 56 heavy (non-hydrogen) atoms. The summed E-state index contributed by atoms with van der Waals surface area (Å²) in [6.45, 7) is -0.733. The number of carbonyl (C=O) groups is 5. The third kappa shape index (κ3) is 9.57. The number of unbranched alkanes of at least 4 members (excludes halogenated alkanes) is 2. The fraction of sp³-hybridized carbons (Fsp3) is 0.452. The molecule has 6 rings (SSSR count). The maximum Gasteiger partial charge on any atom is 0.418 e. The summed E-state index contributed by atoms with van der Waals surface area (Å²) in [5.41, 5.74) is 1.55. The number of hydrogen-bond donors (Lipinski definition) is 2. The minimum atomic E-state index is -4.82. The highest BCUT2D eigenvalue weighted by Gasteiger charge is 2.58. The highest BCUT2D eigenvalue weighted by atomic mass is 19.4. The lowest BCUT2D eigenvalue weighted by atomic mass is 9.82. The van der Waals surface area contributed by atoms with Crippen molar-refractivity contribution in [3.63, 3.8) is 0 Å². The number of anilines is 2. The van der Waals surface area contributed by atoms with Crippen LogP contribution in [0.15, 0.2) is 66.7 Å². The molecule has 1 heterocycles. The number of amides is 5. The van der Waals surface area contributed by atoms with Crippen LogP contribution in [0.25, 0.3) is 0 Å². The maximum atomic E-state index is 13.8. The second kappa shape index (κ2) is 17.3. The van der Waals surface area contributed by atoms with Gasteiger partial charge in [0.1, 0.15) is 18.4 Å². The first kappa shape index (κ1) is 40.4. The molecular weight excluding hydrogens is 732 g/mol. The Labute approximate surface area is 322 Å². The summed E-state index contributed by atoms with van der Waals surface area (Å²) in [5.74, 6) is -1.98. The van der Waals surface area contributed by atoms with Crippen molar-refractivity contribution >= 4 is 41.1 Å². The zero-order valence-electron chi connectivity index (χ0n) is 31.3. The summed E-state index contributed by atoms with van der Waals surface area (Å²) in [5, 5.41) is 5.78. The number of benzene rings is 3. The average molecular weight is 779 g/mol. The molecule has 1 saturated carbocycles. The summed E-state index contributed by atoms with van der Waals surface area (Å²) in [6.07, 6.45) is 3.94. The molecule has 0 bridgehead atoms. The quantitative estimate of drug-likeness (QED) is 0.112. The van der Waals surface area contributed by atoms with E-state index in [1.165, 1.54) is 44.2 Å². The standard InChI is InChI=1S/C42H46F4N4O6/c1-27(42(44,45)46)49(25-30-10-15-32(43)16-11-30)38(53)26-50-39(54)41(56-40(50)55)23-22-31-24-34(19-20-35(31)41)48-37(52)21-14-29-12-17-33(18-13-29)47-36(51)9-4-2-3-6-28-7-5-8-28/h10-13,15-20,24,27-28H,2-9,14,21-23,25-26H2,1H3,(H,47,51)(H,48,52)/t27-,41?/m0/s1. The van der Waals surface area contributed by atoms with Crippen molar-refractivity contribution in [3.05, 3.63) is 94.8 Å². The molecule has 1 spiro atoms. The predicted molar refractivity (Wildman–Crippen MR) is 200 cm³/mol. The van der Waals surface area contributed by atoms with E-state index in [1.54, 1.807) is 18.2 Å². The second-order valence-corrected chi connectivity index (χ2v) is 15.0. The van der Waals surface area contributed by atoms with Crippen molar-refractivity contribution in [2.45, 2.75) is 108 Å². The van der Waals surface area contributed by atoms with Gasteiger partial charge in [0.15, 0.2) is 0 Å². The third-order valence-corrected chi connectivity index (χ3v) is 11.1. The minimum Gasteiger partial charge on any atom is -0.427 e. The first-order chi connectivity index (χ1) is 26.7. The van der Waals surface area contributed by atoms with Gasteiger partial charge in [-0.05, 0) is 85.2 Å². The molecule has 5 amide bonds. The number of alkyl halides is 3. The molecule has 2 N–H and O–H groups in total. The van der Waals surface area contributed by atoms with Gasteiger partial charge < -0.3 is 20.3 Å². The lowest BCUT2D eigenvalue weighted by Crippen LogP contribution is -2.51. The maximum absolute atomic E-state index is 13.8. The molecule has 14 heteroatoms. The highest BCUT2D eigenvalue weighted by Crippen LogP contribution is 2.46. The number of rotatable bonds is 16. The Morgan fingerprint density at radius 2 is 1.55 bits per heavy atom. The van der Waals surface area contributed by atoms with E-state index in [9.17, 15) is 41.5 Å². The molecule has 298 valence electrons. The molecule has 10 nitrogen and oxygen atoms in total. The first-order valence-electron chi connectivity index (χ1n) is 19.2. The van der Waals surface area contributed by atoms with Crippen LogP contribution in [0.4, 0.5) is 33.7 Å². The van der Waals surface area contributed by atoms with E-state index < -0.39 is 54.6 Å². The van der Waals surface area contributed by atoms with E-state index in [1.807, 2.05) is 24.3 Å². The Balaban J connectivity index is 0.999.